The third kappa shape index (κ3) is 6.54. The fraction of sp³-hybridized carbons (Fsp3) is 0.481. The molecule has 0 fully saturated rings. The maximum atomic E-state index is 13.8. The topological polar surface area (TPSA) is 54.4 Å². The van der Waals surface area contributed by atoms with Crippen LogP contribution in [0.2, 0.25) is 0 Å². The lowest BCUT2D eigenvalue weighted by Gasteiger charge is -2.35. The van der Waals surface area contributed by atoms with Crippen LogP contribution in [-0.4, -0.2) is 20.1 Å². The maximum Gasteiger partial charge on any atom is 0.206 e. The number of hydrogen-bond donors (Lipinski definition) is 1. The Morgan fingerprint density at radius 2 is 1.74 bits per heavy atom. The third-order valence-corrected chi connectivity index (χ3v) is 7.92. The summed E-state index contributed by atoms with van der Waals surface area (Å²) in [5, 5.41) is 9.02. The van der Waals surface area contributed by atoms with Gasteiger partial charge in [-0.1, -0.05) is 60.4 Å². The van der Waals surface area contributed by atoms with Crippen molar-refractivity contribution in [3.63, 3.8) is 0 Å². The summed E-state index contributed by atoms with van der Waals surface area (Å²) in [5.41, 5.74) is 5.09. The van der Waals surface area contributed by atoms with E-state index in [9.17, 15) is 8.42 Å². The lowest BCUT2D eigenvalue weighted by atomic mass is 9.72. The number of aliphatic hydroxyl groups excluding tert-OH is 1. The van der Waals surface area contributed by atoms with Crippen LogP contribution >= 0.6 is 0 Å². The number of rotatable bonds is 8. The van der Waals surface area contributed by atoms with E-state index < -0.39 is 9.84 Å². The van der Waals surface area contributed by atoms with Gasteiger partial charge in [0.15, 0.2) is 0 Å². The Bertz CT molecular complexity index is 1000. The van der Waals surface area contributed by atoms with Gasteiger partial charge in [-0.05, 0) is 89.0 Å². The first-order chi connectivity index (χ1) is 14.5. The lowest BCUT2D eigenvalue weighted by molar-refractivity contribution is 0.341. The van der Waals surface area contributed by atoms with Gasteiger partial charge in [-0.3, -0.25) is 0 Å². The monoisotopic (exact) mass is 442 g/mol. The van der Waals surface area contributed by atoms with Crippen molar-refractivity contribution in [2.24, 2.45) is 5.41 Å². The fourth-order valence-corrected chi connectivity index (χ4v) is 6.16. The second kappa shape index (κ2) is 10.6. The highest BCUT2D eigenvalue weighted by Crippen LogP contribution is 2.46. The van der Waals surface area contributed by atoms with Crippen LogP contribution < -0.4 is 0 Å². The minimum absolute atomic E-state index is 0.0515. The van der Waals surface area contributed by atoms with Gasteiger partial charge in [0.2, 0.25) is 9.84 Å². The highest BCUT2D eigenvalue weighted by Gasteiger charge is 2.36. The molecule has 0 bridgehead atoms. The van der Waals surface area contributed by atoms with E-state index in [0.717, 1.165) is 54.4 Å². The number of allylic oxidation sites excluding steroid dienone is 6. The second-order valence-corrected chi connectivity index (χ2v) is 11.4. The molecular weight excluding hydrogens is 404 g/mol. The van der Waals surface area contributed by atoms with Gasteiger partial charge in [0.05, 0.1) is 16.4 Å². The Kier molecular flexibility index (Phi) is 8.67. The molecule has 4 heteroatoms. The van der Waals surface area contributed by atoms with Crippen LogP contribution in [0.5, 0.6) is 0 Å². The van der Waals surface area contributed by atoms with Crippen molar-refractivity contribution in [3.8, 4) is 0 Å². The molecule has 0 saturated heterocycles. The molecule has 0 unspecified atom stereocenters. The minimum atomic E-state index is -3.65. The van der Waals surface area contributed by atoms with Gasteiger partial charge in [0.25, 0.3) is 0 Å². The molecule has 1 N–H and O–H groups in total. The molecule has 0 saturated carbocycles. The first kappa shape index (κ1) is 25.4. The summed E-state index contributed by atoms with van der Waals surface area (Å²) in [6.45, 7) is 12.4. The van der Waals surface area contributed by atoms with Crippen molar-refractivity contribution in [1.82, 2.24) is 0 Å². The van der Waals surface area contributed by atoms with Gasteiger partial charge in [-0.2, -0.15) is 0 Å². The Labute approximate surface area is 189 Å². The van der Waals surface area contributed by atoms with E-state index in [1.807, 2.05) is 45.1 Å². The molecule has 0 radical (unpaired) electrons. The van der Waals surface area contributed by atoms with E-state index in [-0.39, 0.29) is 12.0 Å². The molecule has 170 valence electrons. The third-order valence-electron chi connectivity index (χ3n) is 6.13. The number of aliphatic hydroxyl groups is 1. The molecule has 0 atom stereocenters. The minimum Gasteiger partial charge on any atom is -0.392 e. The van der Waals surface area contributed by atoms with E-state index >= 15 is 0 Å². The van der Waals surface area contributed by atoms with Crippen LogP contribution in [-0.2, 0) is 9.84 Å². The molecular formula is C27H38O3S. The van der Waals surface area contributed by atoms with Gasteiger partial charge < -0.3 is 5.11 Å². The molecule has 0 heterocycles. The fourth-order valence-electron chi connectivity index (χ4n) is 4.35. The molecule has 0 spiro atoms. The Morgan fingerprint density at radius 3 is 2.32 bits per heavy atom. The molecule has 0 amide bonds. The molecule has 31 heavy (non-hydrogen) atoms. The van der Waals surface area contributed by atoms with E-state index in [0.29, 0.717) is 9.80 Å². The Morgan fingerprint density at radius 1 is 1.10 bits per heavy atom. The van der Waals surface area contributed by atoms with Crippen LogP contribution in [0.15, 0.2) is 74.6 Å². The summed E-state index contributed by atoms with van der Waals surface area (Å²) in [6.07, 6.45) is 10.4. The van der Waals surface area contributed by atoms with Gasteiger partial charge in [0, 0.05) is 0 Å². The number of benzene rings is 1. The lowest BCUT2D eigenvalue weighted by Crippen LogP contribution is -2.25. The summed E-state index contributed by atoms with van der Waals surface area (Å²) >= 11 is 0. The summed E-state index contributed by atoms with van der Waals surface area (Å²) in [4.78, 5) is 0.787. The standard InChI is InChI=1S/C27H38O3S/c1-20(16-18-28)9-7-10-22(3)19-25(26-23(4)11-8-17-27(26,5)6)31(29,30)24-14-12-21(2)13-15-24/h10,12-16,19,28H,7-9,11,17-18H2,1-6H3/b20-16+,22-10+,25-19-. The SMILES string of the molecule is CC1=C(/C(=C/C(C)=C/CC/C(C)=C/CO)S(=O)(=O)c2ccc(C)cc2)C(C)(C)CCC1. The van der Waals surface area contributed by atoms with Crippen LogP contribution in [0, 0.1) is 12.3 Å². The van der Waals surface area contributed by atoms with Gasteiger partial charge in [0.1, 0.15) is 0 Å². The molecule has 1 aromatic carbocycles. The molecule has 1 aromatic rings. The largest absolute Gasteiger partial charge is 0.392 e. The van der Waals surface area contributed by atoms with E-state index in [1.54, 1.807) is 12.1 Å². The van der Waals surface area contributed by atoms with E-state index in [2.05, 4.69) is 26.8 Å². The number of sulfone groups is 1. The second-order valence-electron chi connectivity index (χ2n) is 9.44. The highest BCUT2D eigenvalue weighted by molar-refractivity contribution is 7.95. The van der Waals surface area contributed by atoms with Crippen LogP contribution in [0.25, 0.3) is 0 Å². The summed E-state index contributed by atoms with van der Waals surface area (Å²) in [6, 6.07) is 7.14. The zero-order valence-electron chi connectivity index (χ0n) is 20.0. The van der Waals surface area contributed by atoms with Crippen LogP contribution in [0.1, 0.15) is 72.3 Å². The van der Waals surface area contributed by atoms with Crippen molar-refractivity contribution in [2.75, 3.05) is 6.61 Å². The smallest absolute Gasteiger partial charge is 0.206 e. The Balaban J connectivity index is 2.57. The quantitative estimate of drug-likeness (QED) is 0.354. The normalized spacial score (nSPS) is 18.5. The Hall–Kier alpha value is -1.91. The summed E-state index contributed by atoms with van der Waals surface area (Å²) in [7, 11) is -3.65. The molecule has 0 aromatic heterocycles. The highest BCUT2D eigenvalue weighted by atomic mass is 32.2. The van der Waals surface area contributed by atoms with Gasteiger partial charge in [-0.25, -0.2) is 8.42 Å². The molecule has 2 rings (SSSR count). The summed E-state index contributed by atoms with van der Waals surface area (Å²) < 4.78 is 27.6. The average Bonchev–Trinajstić information content (AvgIpc) is 2.67. The zero-order valence-corrected chi connectivity index (χ0v) is 20.8. The van der Waals surface area contributed by atoms with Crippen LogP contribution in [0.4, 0.5) is 0 Å². The average molecular weight is 443 g/mol. The van der Waals surface area contributed by atoms with Crippen molar-refractivity contribution >= 4 is 9.84 Å². The van der Waals surface area contributed by atoms with E-state index in [4.69, 9.17) is 5.11 Å². The van der Waals surface area contributed by atoms with Crippen molar-refractivity contribution < 1.29 is 13.5 Å². The van der Waals surface area contributed by atoms with Crippen molar-refractivity contribution in [3.05, 3.63) is 75.3 Å². The van der Waals surface area contributed by atoms with Gasteiger partial charge >= 0.3 is 0 Å². The zero-order chi connectivity index (χ0) is 23.2. The van der Waals surface area contributed by atoms with Crippen LogP contribution in [0.3, 0.4) is 0 Å². The first-order valence-corrected chi connectivity index (χ1v) is 12.6. The van der Waals surface area contributed by atoms with Gasteiger partial charge in [-0.15, -0.1) is 0 Å². The van der Waals surface area contributed by atoms with Crippen molar-refractivity contribution in [1.29, 1.82) is 0 Å². The molecule has 1 aliphatic carbocycles. The molecule has 1 aliphatic rings. The van der Waals surface area contributed by atoms with E-state index in [1.165, 1.54) is 5.57 Å². The maximum absolute atomic E-state index is 13.8. The first-order valence-electron chi connectivity index (χ1n) is 11.2. The predicted molar refractivity (Wildman–Crippen MR) is 131 cm³/mol. The summed E-state index contributed by atoms with van der Waals surface area (Å²) in [5.74, 6) is 0. The van der Waals surface area contributed by atoms with Crippen molar-refractivity contribution in [2.45, 2.75) is 78.5 Å². The predicted octanol–water partition coefficient (Wildman–Crippen LogP) is 6.84. The molecule has 3 nitrogen and oxygen atoms in total. The molecule has 0 aliphatic heterocycles. The number of hydrogen-bond acceptors (Lipinski definition) is 3. The number of aryl methyl sites for hydroxylation is 1.